The molecule has 0 atom stereocenters. The van der Waals surface area contributed by atoms with Gasteiger partial charge in [0, 0.05) is 47.4 Å². The Bertz CT molecular complexity index is 1190. The number of aromatic nitrogens is 1. The highest BCUT2D eigenvalue weighted by Crippen LogP contribution is 2.25. The van der Waals surface area contributed by atoms with Gasteiger partial charge in [-0.25, -0.2) is 0 Å². The van der Waals surface area contributed by atoms with Crippen molar-refractivity contribution in [2.75, 3.05) is 17.2 Å². The molecule has 0 aliphatic rings. The zero-order chi connectivity index (χ0) is 22.2. The first-order chi connectivity index (χ1) is 15.7. The van der Waals surface area contributed by atoms with Crippen LogP contribution < -0.4 is 10.6 Å². The molecule has 5 heteroatoms. The number of nitrogens with zero attached hydrogens (tertiary/aromatic N) is 1. The van der Waals surface area contributed by atoms with Gasteiger partial charge in [-0.1, -0.05) is 48.5 Å². The van der Waals surface area contributed by atoms with E-state index in [1.165, 1.54) is 0 Å². The van der Waals surface area contributed by atoms with E-state index in [2.05, 4.69) is 15.6 Å². The number of pyridine rings is 1. The number of carbonyl (C=O) groups excluding carboxylic acids is 2. The molecule has 0 aliphatic carbocycles. The molecule has 158 valence electrons. The van der Waals surface area contributed by atoms with E-state index >= 15 is 0 Å². The number of carbonyl (C=O) groups is 2. The van der Waals surface area contributed by atoms with Gasteiger partial charge in [0.1, 0.15) is 6.29 Å². The van der Waals surface area contributed by atoms with Gasteiger partial charge >= 0.3 is 0 Å². The number of anilines is 2. The van der Waals surface area contributed by atoms with Crippen LogP contribution in [0.25, 0.3) is 11.1 Å². The average molecular weight is 422 g/mol. The molecule has 0 radical (unpaired) electrons. The molecule has 1 heterocycles. The smallest absolute Gasteiger partial charge is 0.256 e. The van der Waals surface area contributed by atoms with Crippen molar-refractivity contribution in [1.29, 1.82) is 0 Å². The van der Waals surface area contributed by atoms with Crippen LogP contribution in [0.1, 0.15) is 26.4 Å². The predicted octanol–water partition coefficient (Wildman–Crippen LogP) is 5.47. The largest absolute Gasteiger partial charge is 0.385 e. The zero-order valence-corrected chi connectivity index (χ0v) is 17.5. The number of benzene rings is 3. The molecular weight excluding hydrogens is 398 g/mol. The maximum atomic E-state index is 13.0. The first kappa shape index (κ1) is 21.0. The third-order valence-corrected chi connectivity index (χ3v) is 5.11. The first-order valence-electron chi connectivity index (χ1n) is 10.4. The van der Waals surface area contributed by atoms with E-state index in [1.807, 2.05) is 72.8 Å². The standard InChI is InChI=1S/C27H23N3O2/c31-19-20-8-10-21(11-9-20)25-6-1-2-7-26(25)27(32)30-24-14-12-23(13-15-24)29-18-16-22-5-3-4-17-28-22/h1-15,17,19,29H,16,18H2,(H,30,32). The van der Waals surface area contributed by atoms with Gasteiger partial charge in [-0.3, -0.25) is 14.6 Å². The summed E-state index contributed by atoms with van der Waals surface area (Å²) >= 11 is 0. The summed E-state index contributed by atoms with van der Waals surface area (Å²) in [5, 5.41) is 6.33. The minimum Gasteiger partial charge on any atom is -0.385 e. The average Bonchev–Trinajstić information content (AvgIpc) is 2.86. The fraction of sp³-hybridized carbons (Fsp3) is 0.0741. The van der Waals surface area contributed by atoms with Gasteiger partial charge in [0.05, 0.1) is 0 Å². The second-order valence-corrected chi connectivity index (χ2v) is 7.31. The quantitative estimate of drug-likeness (QED) is 0.370. The fourth-order valence-corrected chi connectivity index (χ4v) is 3.42. The van der Waals surface area contributed by atoms with Crippen LogP contribution in [-0.2, 0) is 6.42 Å². The third kappa shape index (κ3) is 5.26. The summed E-state index contributed by atoms with van der Waals surface area (Å²) in [6.45, 7) is 0.777. The minimum absolute atomic E-state index is 0.184. The molecule has 0 spiro atoms. The highest BCUT2D eigenvalue weighted by Gasteiger charge is 2.12. The van der Waals surface area contributed by atoms with Gasteiger partial charge in [-0.05, 0) is 53.6 Å². The van der Waals surface area contributed by atoms with Crippen LogP contribution in [0.3, 0.4) is 0 Å². The monoisotopic (exact) mass is 421 g/mol. The molecule has 32 heavy (non-hydrogen) atoms. The van der Waals surface area contributed by atoms with E-state index < -0.39 is 0 Å². The summed E-state index contributed by atoms with van der Waals surface area (Å²) in [4.78, 5) is 28.2. The molecular formula is C27H23N3O2. The van der Waals surface area contributed by atoms with E-state index in [4.69, 9.17) is 0 Å². The van der Waals surface area contributed by atoms with Crippen LogP contribution in [0, 0.1) is 0 Å². The van der Waals surface area contributed by atoms with Gasteiger partial charge in [0.2, 0.25) is 0 Å². The summed E-state index contributed by atoms with van der Waals surface area (Å²) in [6, 6.07) is 28.2. The van der Waals surface area contributed by atoms with Crippen molar-refractivity contribution < 1.29 is 9.59 Å². The normalized spacial score (nSPS) is 10.4. The van der Waals surface area contributed by atoms with Crippen molar-refractivity contribution >= 4 is 23.6 Å². The van der Waals surface area contributed by atoms with Crippen molar-refractivity contribution in [3.63, 3.8) is 0 Å². The van der Waals surface area contributed by atoms with Crippen LogP contribution >= 0.6 is 0 Å². The van der Waals surface area contributed by atoms with Crippen molar-refractivity contribution in [1.82, 2.24) is 4.98 Å². The molecule has 1 amide bonds. The van der Waals surface area contributed by atoms with Gasteiger partial charge in [0.15, 0.2) is 0 Å². The Morgan fingerprint density at radius 2 is 1.53 bits per heavy atom. The minimum atomic E-state index is -0.184. The molecule has 0 unspecified atom stereocenters. The lowest BCUT2D eigenvalue weighted by atomic mass is 9.98. The number of hydrogen-bond acceptors (Lipinski definition) is 4. The Morgan fingerprint density at radius 3 is 2.25 bits per heavy atom. The van der Waals surface area contributed by atoms with Crippen LogP contribution in [-0.4, -0.2) is 23.7 Å². The molecule has 0 saturated heterocycles. The van der Waals surface area contributed by atoms with Gasteiger partial charge in [0.25, 0.3) is 5.91 Å². The van der Waals surface area contributed by atoms with Crippen molar-refractivity contribution in [2.24, 2.45) is 0 Å². The second-order valence-electron chi connectivity index (χ2n) is 7.31. The molecule has 0 saturated carbocycles. The van der Waals surface area contributed by atoms with Crippen molar-refractivity contribution in [3.05, 3.63) is 114 Å². The second kappa shape index (κ2) is 10.2. The molecule has 3 aromatic carbocycles. The predicted molar refractivity (Wildman–Crippen MR) is 128 cm³/mol. The maximum absolute atomic E-state index is 13.0. The molecule has 0 aliphatic heterocycles. The number of hydrogen-bond donors (Lipinski definition) is 2. The Morgan fingerprint density at radius 1 is 0.812 bits per heavy atom. The first-order valence-corrected chi connectivity index (χ1v) is 10.4. The fourth-order valence-electron chi connectivity index (χ4n) is 3.42. The lowest BCUT2D eigenvalue weighted by molar-refractivity contribution is 0.102. The Hall–Kier alpha value is -4.25. The van der Waals surface area contributed by atoms with Crippen LogP contribution in [0.5, 0.6) is 0 Å². The summed E-state index contributed by atoms with van der Waals surface area (Å²) in [5.74, 6) is -0.184. The van der Waals surface area contributed by atoms with Gasteiger partial charge < -0.3 is 10.6 Å². The lowest BCUT2D eigenvalue weighted by Gasteiger charge is -2.12. The van der Waals surface area contributed by atoms with Crippen LogP contribution in [0.2, 0.25) is 0 Å². The molecule has 4 rings (SSSR count). The van der Waals surface area contributed by atoms with Gasteiger partial charge in [-0.15, -0.1) is 0 Å². The molecule has 0 bridgehead atoms. The topological polar surface area (TPSA) is 71.1 Å². The molecule has 2 N–H and O–H groups in total. The summed E-state index contributed by atoms with van der Waals surface area (Å²) < 4.78 is 0. The third-order valence-electron chi connectivity index (χ3n) is 5.11. The summed E-state index contributed by atoms with van der Waals surface area (Å²) in [5.41, 5.74) is 5.62. The van der Waals surface area contributed by atoms with Crippen molar-refractivity contribution in [3.8, 4) is 11.1 Å². The molecule has 1 aromatic heterocycles. The van der Waals surface area contributed by atoms with E-state index in [0.29, 0.717) is 11.1 Å². The van der Waals surface area contributed by atoms with Crippen LogP contribution in [0.15, 0.2) is 97.2 Å². The Labute approximate surface area is 187 Å². The molecule has 4 aromatic rings. The molecule has 5 nitrogen and oxygen atoms in total. The maximum Gasteiger partial charge on any atom is 0.256 e. The lowest BCUT2D eigenvalue weighted by Crippen LogP contribution is -2.13. The van der Waals surface area contributed by atoms with E-state index in [0.717, 1.165) is 47.4 Å². The molecule has 0 fully saturated rings. The Kier molecular flexibility index (Phi) is 6.68. The number of amides is 1. The SMILES string of the molecule is O=Cc1ccc(-c2ccccc2C(=O)Nc2ccc(NCCc3ccccn3)cc2)cc1. The van der Waals surface area contributed by atoms with Crippen molar-refractivity contribution in [2.45, 2.75) is 6.42 Å². The number of aldehydes is 1. The van der Waals surface area contributed by atoms with E-state index in [9.17, 15) is 9.59 Å². The van der Waals surface area contributed by atoms with Crippen LogP contribution in [0.4, 0.5) is 11.4 Å². The summed E-state index contributed by atoms with van der Waals surface area (Å²) in [6.07, 6.45) is 3.44. The van der Waals surface area contributed by atoms with E-state index in [-0.39, 0.29) is 5.91 Å². The number of nitrogens with one attached hydrogen (secondary N) is 2. The zero-order valence-electron chi connectivity index (χ0n) is 17.5. The van der Waals surface area contributed by atoms with Gasteiger partial charge in [-0.2, -0.15) is 0 Å². The highest BCUT2D eigenvalue weighted by molar-refractivity contribution is 6.08. The van der Waals surface area contributed by atoms with E-state index in [1.54, 1.807) is 24.4 Å². The number of rotatable bonds is 8. The Balaban J connectivity index is 1.40. The summed E-state index contributed by atoms with van der Waals surface area (Å²) in [7, 11) is 0. The highest BCUT2D eigenvalue weighted by atomic mass is 16.1.